The molecule has 1 aromatic carbocycles. The second kappa shape index (κ2) is 5.64. The van der Waals surface area contributed by atoms with Crippen LogP contribution in [0.4, 0.5) is 0 Å². The molecule has 0 radical (unpaired) electrons. The van der Waals surface area contributed by atoms with Crippen molar-refractivity contribution >= 4 is 18.5 Å². The minimum Gasteiger partial charge on any atom is -0.346 e. The Balaban J connectivity index is 1.96. The Morgan fingerprint density at radius 3 is 2.56 bits per heavy atom. The van der Waals surface area contributed by atoms with Crippen LogP contribution in [0.15, 0.2) is 41.6 Å². The molecule has 0 aliphatic rings. The lowest BCUT2D eigenvalue weighted by Crippen LogP contribution is -2.23. The maximum Gasteiger partial charge on any atom is 0.251 e. The number of hydrogen-bond donors (Lipinski definition) is 2. The molecule has 92 valence electrons. The van der Waals surface area contributed by atoms with Gasteiger partial charge in [0.05, 0.1) is 24.1 Å². The van der Waals surface area contributed by atoms with Gasteiger partial charge in [0.25, 0.3) is 5.91 Å². The summed E-state index contributed by atoms with van der Waals surface area (Å²) in [5.41, 5.74) is 2.20. The van der Waals surface area contributed by atoms with Crippen LogP contribution >= 0.6 is 12.6 Å². The van der Waals surface area contributed by atoms with Gasteiger partial charge in [-0.1, -0.05) is 0 Å². The summed E-state index contributed by atoms with van der Waals surface area (Å²) < 4.78 is 0. The van der Waals surface area contributed by atoms with Gasteiger partial charge in [-0.15, -0.1) is 12.6 Å². The van der Waals surface area contributed by atoms with Gasteiger partial charge in [-0.3, -0.25) is 14.8 Å². The van der Waals surface area contributed by atoms with E-state index >= 15 is 0 Å². The Bertz CT molecular complexity index is 537. The summed E-state index contributed by atoms with van der Waals surface area (Å²) in [6.45, 7) is 2.24. The van der Waals surface area contributed by atoms with Gasteiger partial charge < -0.3 is 5.32 Å². The van der Waals surface area contributed by atoms with Crippen molar-refractivity contribution in [2.75, 3.05) is 0 Å². The smallest absolute Gasteiger partial charge is 0.251 e. The molecule has 1 aromatic heterocycles. The number of nitrogens with zero attached hydrogens (tertiary/aromatic N) is 2. The van der Waals surface area contributed by atoms with Crippen molar-refractivity contribution in [1.29, 1.82) is 0 Å². The van der Waals surface area contributed by atoms with E-state index in [2.05, 4.69) is 27.9 Å². The highest BCUT2D eigenvalue weighted by atomic mass is 32.1. The van der Waals surface area contributed by atoms with E-state index in [0.29, 0.717) is 12.1 Å². The molecule has 0 saturated heterocycles. The van der Waals surface area contributed by atoms with Gasteiger partial charge in [-0.25, -0.2) is 0 Å². The van der Waals surface area contributed by atoms with Gasteiger partial charge in [-0.05, 0) is 31.2 Å². The van der Waals surface area contributed by atoms with Crippen LogP contribution in [0, 0.1) is 6.92 Å². The molecule has 18 heavy (non-hydrogen) atoms. The van der Waals surface area contributed by atoms with Crippen molar-refractivity contribution in [3.8, 4) is 0 Å². The Morgan fingerprint density at radius 2 is 1.94 bits per heavy atom. The first-order valence-electron chi connectivity index (χ1n) is 5.50. The van der Waals surface area contributed by atoms with Crippen LogP contribution in [0.1, 0.15) is 21.7 Å². The fourth-order valence-electron chi connectivity index (χ4n) is 1.40. The number of benzene rings is 1. The predicted molar refractivity (Wildman–Crippen MR) is 71.6 cm³/mol. The molecule has 0 fully saturated rings. The number of hydrogen-bond acceptors (Lipinski definition) is 4. The SMILES string of the molecule is Cc1cnc(CNC(=O)c2ccc(S)cc2)cn1. The van der Waals surface area contributed by atoms with Gasteiger partial charge in [0.15, 0.2) is 0 Å². The molecule has 0 spiro atoms. The monoisotopic (exact) mass is 259 g/mol. The molecule has 0 aliphatic heterocycles. The van der Waals surface area contributed by atoms with Crippen LogP contribution in [-0.4, -0.2) is 15.9 Å². The molecule has 0 unspecified atom stereocenters. The summed E-state index contributed by atoms with van der Waals surface area (Å²) in [6.07, 6.45) is 3.34. The first-order chi connectivity index (χ1) is 8.65. The molecule has 0 atom stereocenters. The zero-order chi connectivity index (χ0) is 13.0. The minimum absolute atomic E-state index is 0.134. The van der Waals surface area contributed by atoms with Crippen molar-refractivity contribution in [3.63, 3.8) is 0 Å². The van der Waals surface area contributed by atoms with Crippen molar-refractivity contribution < 1.29 is 4.79 Å². The lowest BCUT2D eigenvalue weighted by Gasteiger charge is -2.05. The predicted octanol–water partition coefficient (Wildman–Crippen LogP) is 2.00. The summed E-state index contributed by atoms with van der Waals surface area (Å²) >= 11 is 4.17. The van der Waals surface area contributed by atoms with Crippen LogP contribution in [0.25, 0.3) is 0 Å². The largest absolute Gasteiger partial charge is 0.346 e. The summed E-state index contributed by atoms with van der Waals surface area (Å²) in [6, 6.07) is 7.03. The highest BCUT2D eigenvalue weighted by Crippen LogP contribution is 2.07. The van der Waals surface area contributed by atoms with Crippen LogP contribution in [0.2, 0.25) is 0 Å². The normalized spacial score (nSPS) is 10.1. The number of nitrogens with one attached hydrogen (secondary N) is 1. The average Bonchev–Trinajstić information content (AvgIpc) is 2.38. The number of aryl methyl sites for hydroxylation is 1. The zero-order valence-corrected chi connectivity index (χ0v) is 10.8. The number of thiol groups is 1. The first-order valence-corrected chi connectivity index (χ1v) is 5.94. The standard InChI is InChI=1S/C13H13N3OS/c1-9-6-15-11(7-14-9)8-16-13(17)10-2-4-12(18)5-3-10/h2-7,18H,8H2,1H3,(H,16,17). The third-order valence-corrected chi connectivity index (χ3v) is 2.69. The summed E-state index contributed by atoms with van der Waals surface area (Å²) in [5, 5.41) is 2.79. The van der Waals surface area contributed by atoms with E-state index in [0.717, 1.165) is 16.3 Å². The Labute approximate surface area is 111 Å². The van der Waals surface area contributed by atoms with Gasteiger partial charge in [-0.2, -0.15) is 0 Å². The molecular weight excluding hydrogens is 246 g/mol. The van der Waals surface area contributed by atoms with E-state index in [9.17, 15) is 4.79 Å². The van der Waals surface area contributed by atoms with Crippen LogP contribution < -0.4 is 5.32 Å². The number of rotatable bonds is 3. The fourth-order valence-corrected chi connectivity index (χ4v) is 1.55. The number of amides is 1. The average molecular weight is 259 g/mol. The molecule has 4 nitrogen and oxygen atoms in total. The van der Waals surface area contributed by atoms with Crippen LogP contribution in [0.3, 0.4) is 0 Å². The molecule has 1 heterocycles. The fraction of sp³-hybridized carbons (Fsp3) is 0.154. The molecule has 0 aliphatic carbocycles. The van der Waals surface area contributed by atoms with E-state index in [1.807, 2.05) is 6.92 Å². The Hall–Kier alpha value is -1.88. The summed E-state index contributed by atoms with van der Waals surface area (Å²) in [7, 11) is 0. The molecule has 2 aromatic rings. The van der Waals surface area contributed by atoms with Crippen LogP contribution in [-0.2, 0) is 6.54 Å². The zero-order valence-electron chi connectivity index (χ0n) is 9.92. The molecule has 0 bridgehead atoms. The highest BCUT2D eigenvalue weighted by molar-refractivity contribution is 7.80. The first kappa shape index (κ1) is 12.6. The van der Waals surface area contributed by atoms with Crippen molar-refractivity contribution in [3.05, 3.63) is 53.6 Å². The topological polar surface area (TPSA) is 54.9 Å². The third kappa shape index (κ3) is 3.30. The summed E-state index contributed by atoms with van der Waals surface area (Å²) in [5.74, 6) is -0.134. The molecule has 5 heteroatoms. The van der Waals surface area contributed by atoms with Crippen molar-refractivity contribution in [2.24, 2.45) is 0 Å². The van der Waals surface area contributed by atoms with E-state index in [-0.39, 0.29) is 5.91 Å². The van der Waals surface area contributed by atoms with Gasteiger partial charge >= 0.3 is 0 Å². The molecule has 1 amide bonds. The Kier molecular flexibility index (Phi) is 3.94. The minimum atomic E-state index is -0.134. The van der Waals surface area contributed by atoms with E-state index in [1.54, 1.807) is 36.7 Å². The van der Waals surface area contributed by atoms with Gasteiger partial charge in [0.1, 0.15) is 0 Å². The lowest BCUT2D eigenvalue weighted by atomic mass is 10.2. The van der Waals surface area contributed by atoms with Crippen molar-refractivity contribution in [1.82, 2.24) is 15.3 Å². The maximum atomic E-state index is 11.8. The second-order valence-corrected chi connectivity index (χ2v) is 4.40. The van der Waals surface area contributed by atoms with Crippen molar-refractivity contribution in [2.45, 2.75) is 18.4 Å². The molecule has 1 N–H and O–H groups in total. The summed E-state index contributed by atoms with van der Waals surface area (Å²) in [4.78, 5) is 20.9. The van der Waals surface area contributed by atoms with E-state index < -0.39 is 0 Å². The lowest BCUT2D eigenvalue weighted by molar-refractivity contribution is 0.0950. The molecule has 0 saturated carbocycles. The van der Waals surface area contributed by atoms with E-state index in [4.69, 9.17) is 0 Å². The van der Waals surface area contributed by atoms with Crippen LogP contribution in [0.5, 0.6) is 0 Å². The number of carbonyl (C=O) groups excluding carboxylic acids is 1. The van der Waals surface area contributed by atoms with Gasteiger partial charge in [0.2, 0.25) is 0 Å². The van der Waals surface area contributed by atoms with Gasteiger partial charge in [0, 0.05) is 16.7 Å². The number of aromatic nitrogens is 2. The Morgan fingerprint density at radius 1 is 1.22 bits per heavy atom. The number of carbonyl (C=O) groups is 1. The quantitative estimate of drug-likeness (QED) is 0.829. The third-order valence-electron chi connectivity index (χ3n) is 2.39. The second-order valence-electron chi connectivity index (χ2n) is 3.88. The maximum absolute atomic E-state index is 11.8. The van der Waals surface area contributed by atoms with E-state index in [1.165, 1.54) is 0 Å². The molecule has 2 rings (SSSR count). The highest BCUT2D eigenvalue weighted by Gasteiger charge is 2.05. The molecular formula is C13H13N3OS.